The van der Waals surface area contributed by atoms with Crippen LogP contribution in [-0.2, 0) is 15.6 Å². The van der Waals surface area contributed by atoms with Crippen molar-refractivity contribution in [3.8, 4) is 11.4 Å². The van der Waals surface area contributed by atoms with E-state index in [1.54, 1.807) is 0 Å². The van der Waals surface area contributed by atoms with Crippen LogP contribution in [-0.4, -0.2) is 28.2 Å². The zero-order valence-corrected chi connectivity index (χ0v) is 12.4. The Labute approximate surface area is 120 Å². The molecule has 0 aromatic carbocycles. The van der Waals surface area contributed by atoms with Gasteiger partial charge in [0.05, 0.1) is 5.56 Å². The molecule has 0 aliphatic carbocycles. The molecule has 2 aromatic heterocycles. The Morgan fingerprint density at radius 2 is 2.10 bits per heavy atom. The third-order valence-corrected chi connectivity index (χ3v) is 3.70. The minimum Gasteiger partial charge on any atom is -0.367 e. The van der Waals surface area contributed by atoms with Crippen molar-refractivity contribution < 1.29 is 8.42 Å². The lowest BCUT2D eigenvalue weighted by Crippen LogP contribution is -2.14. The molecule has 1 N–H and O–H groups in total. The van der Waals surface area contributed by atoms with Crippen LogP contribution in [0, 0.1) is 5.92 Å². The topological polar surface area (TPSA) is 97.7 Å². The van der Waals surface area contributed by atoms with Crippen LogP contribution in [0.2, 0.25) is 0 Å². The van der Waals surface area contributed by atoms with Crippen molar-refractivity contribution in [2.45, 2.75) is 25.5 Å². The molecule has 2 aromatic rings. The summed E-state index contributed by atoms with van der Waals surface area (Å²) >= 11 is 0. The molecule has 0 unspecified atom stereocenters. The Morgan fingerprint density at radius 3 is 2.65 bits per heavy atom. The Bertz CT molecular complexity index is 779. The molecule has 108 valence electrons. The van der Waals surface area contributed by atoms with Crippen molar-refractivity contribution in [2.24, 2.45) is 5.92 Å². The summed E-state index contributed by atoms with van der Waals surface area (Å²) < 4.78 is 24.4. The normalized spacial score (nSPS) is 12.0. The zero-order chi connectivity index (χ0) is 14.9. The van der Waals surface area contributed by atoms with E-state index in [0.717, 1.165) is 0 Å². The summed E-state index contributed by atoms with van der Waals surface area (Å²) in [6.07, 6.45) is 2.93. The Morgan fingerprint density at radius 1 is 1.40 bits per heavy atom. The highest BCUT2D eigenvalue weighted by Gasteiger charge is 2.24. The molecule has 0 fully saturated rings. The summed E-state index contributed by atoms with van der Waals surface area (Å²) in [6, 6.07) is 1.33. The molecule has 0 aliphatic heterocycles. The number of aromatic nitrogens is 4. The third-order valence-electron chi connectivity index (χ3n) is 2.55. The molecule has 0 bridgehead atoms. The van der Waals surface area contributed by atoms with Crippen molar-refractivity contribution in [2.75, 3.05) is 0 Å². The van der Waals surface area contributed by atoms with Gasteiger partial charge >= 0.3 is 0 Å². The average Bonchev–Trinajstić information content (AvgIpc) is 2.72. The van der Waals surface area contributed by atoms with E-state index < -0.39 is 9.05 Å². The monoisotopic (exact) mass is 316 g/mol. The number of nitrogens with one attached hydrogen (secondary N) is 1. The van der Waals surface area contributed by atoms with Gasteiger partial charge in [-0.05, 0) is 5.92 Å². The summed E-state index contributed by atoms with van der Waals surface area (Å²) in [5.74, 6) is 0.310. The number of halogens is 1. The number of H-pyrrole nitrogens is 1. The first-order valence-electron chi connectivity index (χ1n) is 5.86. The van der Waals surface area contributed by atoms with E-state index in [1.165, 1.54) is 23.0 Å². The number of nitrogens with zero attached hydrogens (tertiary/aromatic N) is 3. The molecule has 7 nitrogen and oxygen atoms in total. The van der Waals surface area contributed by atoms with Crippen molar-refractivity contribution in [3.05, 3.63) is 28.7 Å². The Hall–Kier alpha value is -1.67. The predicted molar refractivity (Wildman–Crippen MR) is 74.0 cm³/mol. The molecule has 0 amide bonds. The van der Waals surface area contributed by atoms with Crippen LogP contribution in [0.3, 0.4) is 0 Å². The van der Waals surface area contributed by atoms with Crippen LogP contribution >= 0.6 is 10.7 Å². The second kappa shape index (κ2) is 5.37. The van der Waals surface area contributed by atoms with Crippen molar-refractivity contribution >= 4 is 19.7 Å². The van der Waals surface area contributed by atoms with E-state index >= 15 is 0 Å². The summed E-state index contributed by atoms with van der Waals surface area (Å²) in [5.41, 5.74) is -0.0353. The maximum absolute atomic E-state index is 11.8. The van der Waals surface area contributed by atoms with E-state index in [2.05, 4.69) is 15.2 Å². The first-order chi connectivity index (χ1) is 9.30. The maximum atomic E-state index is 11.8. The molecule has 20 heavy (non-hydrogen) atoms. The van der Waals surface area contributed by atoms with Crippen LogP contribution in [0.1, 0.15) is 13.8 Å². The van der Waals surface area contributed by atoms with E-state index in [-0.39, 0.29) is 27.9 Å². The fourth-order valence-corrected chi connectivity index (χ4v) is 2.69. The zero-order valence-electron chi connectivity index (χ0n) is 10.9. The molecular formula is C11H13ClN4O3S. The second-order valence-corrected chi connectivity index (χ2v) is 7.13. The molecule has 0 radical (unpaired) electrons. The molecule has 2 rings (SSSR count). The van der Waals surface area contributed by atoms with Gasteiger partial charge in [0.2, 0.25) is 0 Å². The summed E-state index contributed by atoms with van der Waals surface area (Å²) in [5, 5.41) is 7.04. The third kappa shape index (κ3) is 2.91. The first kappa shape index (κ1) is 14.7. The lowest BCUT2D eigenvalue weighted by molar-refractivity contribution is 0.488. The molecule has 0 saturated carbocycles. The fourth-order valence-electron chi connectivity index (χ4n) is 1.79. The van der Waals surface area contributed by atoms with Gasteiger partial charge in [0.15, 0.2) is 11.3 Å². The van der Waals surface area contributed by atoms with Gasteiger partial charge in [-0.1, -0.05) is 13.8 Å². The molecule has 2 heterocycles. The van der Waals surface area contributed by atoms with Gasteiger partial charge in [-0.25, -0.2) is 8.42 Å². The van der Waals surface area contributed by atoms with Crippen molar-refractivity contribution in [3.63, 3.8) is 0 Å². The highest BCUT2D eigenvalue weighted by atomic mass is 35.7. The quantitative estimate of drug-likeness (QED) is 0.855. The maximum Gasteiger partial charge on any atom is 0.296 e. The second-order valence-electron chi connectivity index (χ2n) is 4.67. The largest absolute Gasteiger partial charge is 0.367 e. The van der Waals surface area contributed by atoms with Gasteiger partial charge in [0.1, 0.15) is 0 Å². The van der Waals surface area contributed by atoms with E-state index in [9.17, 15) is 13.2 Å². The molecule has 0 atom stereocenters. The van der Waals surface area contributed by atoms with E-state index in [1.807, 2.05) is 13.8 Å². The first-order valence-corrected chi connectivity index (χ1v) is 8.17. The number of pyridine rings is 1. The lowest BCUT2D eigenvalue weighted by atomic mass is 10.2. The number of aromatic amines is 1. The summed E-state index contributed by atoms with van der Waals surface area (Å²) in [7, 11) is 1.32. The fraction of sp³-hybridized carbons (Fsp3) is 0.364. The van der Waals surface area contributed by atoms with Crippen LogP contribution in [0.4, 0.5) is 0 Å². The molecule has 9 heteroatoms. The van der Waals surface area contributed by atoms with E-state index in [4.69, 9.17) is 10.7 Å². The minimum atomic E-state index is -4.03. The van der Waals surface area contributed by atoms with Gasteiger partial charge in [-0.15, -0.1) is 10.2 Å². The van der Waals surface area contributed by atoms with Gasteiger partial charge in [-0.2, -0.15) is 0 Å². The van der Waals surface area contributed by atoms with Gasteiger partial charge in [0.25, 0.3) is 14.2 Å². The molecule has 0 spiro atoms. The minimum absolute atomic E-state index is 0.129. The Kier molecular flexibility index (Phi) is 3.96. The predicted octanol–water partition coefficient (Wildman–Crippen LogP) is 1.22. The van der Waals surface area contributed by atoms with Crippen LogP contribution in [0.25, 0.3) is 11.4 Å². The lowest BCUT2D eigenvalue weighted by Gasteiger charge is -2.10. The number of hydrogen-bond donors (Lipinski definition) is 1. The smallest absolute Gasteiger partial charge is 0.296 e. The van der Waals surface area contributed by atoms with Crippen LogP contribution in [0.15, 0.2) is 28.4 Å². The van der Waals surface area contributed by atoms with Crippen molar-refractivity contribution in [1.82, 2.24) is 19.7 Å². The summed E-state index contributed by atoms with van der Waals surface area (Å²) in [4.78, 5) is 14.6. The average molecular weight is 317 g/mol. The van der Waals surface area contributed by atoms with Crippen LogP contribution < -0.4 is 5.43 Å². The molecule has 0 saturated heterocycles. The highest BCUT2D eigenvalue weighted by Crippen LogP contribution is 2.21. The number of hydrogen-bond acceptors (Lipinski definition) is 5. The Balaban J connectivity index is 2.69. The standard InChI is InChI=1S/C11H13ClN4O3S/c1-7(2)6-16-10(8-5-13-4-3-9(8)17)14-15-11(16)20(12,18)19/h3-5,7H,6H2,1-2H3,(H,13,17). The number of rotatable bonds is 4. The van der Waals surface area contributed by atoms with E-state index in [0.29, 0.717) is 6.54 Å². The highest BCUT2D eigenvalue weighted by molar-refractivity contribution is 8.13. The molecular weight excluding hydrogens is 304 g/mol. The SMILES string of the molecule is CC(C)Cn1c(-c2c[nH]ccc2=O)nnc1S(=O)(=O)Cl. The van der Waals surface area contributed by atoms with Gasteiger partial charge in [0, 0.05) is 35.7 Å². The van der Waals surface area contributed by atoms with Gasteiger partial charge in [-0.3, -0.25) is 9.36 Å². The molecule has 0 aliphatic rings. The van der Waals surface area contributed by atoms with Crippen molar-refractivity contribution in [1.29, 1.82) is 0 Å². The summed E-state index contributed by atoms with van der Waals surface area (Å²) in [6.45, 7) is 4.14. The van der Waals surface area contributed by atoms with Crippen LogP contribution in [0.5, 0.6) is 0 Å². The van der Waals surface area contributed by atoms with Gasteiger partial charge < -0.3 is 4.98 Å².